The molecular formula is C25H27N3O5. The molecule has 1 saturated heterocycles. The number of nitrogens with one attached hydrogen (secondary N) is 1. The van der Waals surface area contributed by atoms with Crippen molar-refractivity contribution in [3.05, 3.63) is 65.9 Å². The number of carbonyl (C=O) groups is 2. The van der Waals surface area contributed by atoms with E-state index in [0.29, 0.717) is 17.8 Å². The average Bonchev–Trinajstić information content (AvgIpc) is 3.53. The van der Waals surface area contributed by atoms with Crippen LogP contribution in [0.4, 0.5) is 0 Å². The Bertz CT molecular complexity index is 1100. The highest BCUT2D eigenvalue weighted by molar-refractivity contribution is 5.94. The molecule has 1 aromatic heterocycles. The number of esters is 1. The summed E-state index contributed by atoms with van der Waals surface area (Å²) < 4.78 is 17.6. The molecular weight excluding hydrogens is 422 g/mol. The molecule has 0 radical (unpaired) electrons. The summed E-state index contributed by atoms with van der Waals surface area (Å²) in [5, 5.41) is 7.40. The molecule has 4 rings (SSSR count). The fraction of sp³-hybridized carbons (Fsp3) is 0.320. The third kappa shape index (κ3) is 5.23. The summed E-state index contributed by atoms with van der Waals surface area (Å²) in [4.78, 5) is 24.8. The van der Waals surface area contributed by atoms with Crippen LogP contribution in [0.25, 0.3) is 16.9 Å². The molecule has 1 N–H and O–H groups in total. The van der Waals surface area contributed by atoms with E-state index in [-0.39, 0.29) is 24.3 Å². The summed E-state index contributed by atoms with van der Waals surface area (Å²) in [5.41, 5.74) is 3.04. The van der Waals surface area contributed by atoms with Gasteiger partial charge in [0.25, 0.3) is 5.91 Å². The van der Waals surface area contributed by atoms with Gasteiger partial charge >= 0.3 is 5.97 Å². The second kappa shape index (κ2) is 10.3. The third-order valence-corrected chi connectivity index (χ3v) is 5.47. The van der Waals surface area contributed by atoms with E-state index < -0.39 is 5.97 Å². The Morgan fingerprint density at radius 3 is 2.55 bits per heavy atom. The van der Waals surface area contributed by atoms with Crippen molar-refractivity contribution in [2.75, 3.05) is 26.9 Å². The first kappa shape index (κ1) is 22.5. The minimum atomic E-state index is -0.490. The zero-order valence-corrected chi connectivity index (χ0v) is 18.7. The predicted octanol–water partition coefficient (Wildman–Crippen LogP) is 3.63. The number of nitrogens with zero attached hydrogens (tertiary/aromatic N) is 2. The van der Waals surface area contributed by atoms with E-state index in [1.165, 1.54) is 0 Å². The highest BCUT2D eigenvalue weighted by atomic mass is 16.5. The molecule has 1 aliphatic rings. The van der Waals surface area contributed by atoms with Crippen molar-refractivity contribution in [1.82, 2.24) is 15.1 Å². The van der Waals surface area contributed by atoms with E-state index in [1.54, 1.807) is 49.0 Å². The largest absolute Gasteiger partial charge is 0.497 e. The smallest absolute Gasteiger partial charge is 0.358 e. The number of aromatic nitrogens is 2. The van der Waals surface area contributed by atoms with Gasteiger partial charge in [-0.3, -0.25) is 4.79 Å². The molecule has 2 aromatic carbocycles. The maximum Gasteiger partial charge on any atom is 0.358 e. The monoisotopic (exact) mass is 449 g/mol. The van der Waals surface area contributed by atoms with Crippen LogP contribution in [0.1, 0.15) is 40.6 Å². The zero-order chi connectivity index (χ0) is 23.2. The van der Waals surface area contributed by atoms with Gasteiger partial charge < -0.3 is 19.5 Å². The highest BCUT2D eigenvalue weighted by Gasteiger charge is 2.19. The maximum atomic E-state index is 12.5. The number of benzene rings is 2. The van der Waals surface area contributed by atoms with E-state index in [1.807, 2.05) is 24.3 Å². The summed E-state index contributed by atoms with van der Waals surface area (Å²) >= 11 is 0. The van der Waals surface area contributed by atoms with Crippen LogP contribution in [-0.2, 0) is 9.47 Å². The number of hydrogen-bond donors (Lipinski definition) is 1. The number of methoxy groups -OCH3 is 1. The van der Waals surface area contributed by atoms with Gasteiger partial charge in [0, 0.05) is 24.3 Å². The van der Waals surface area contributed by atoms with Crippen LogP contribution in [0.3, 0.4) is 0 Å². The van der Waals surface area contributed by atoms with Crippen LogP contribution in [0, 0.1) is 0 Å². The second-order valence-corrected chi connectivity index (χ2v) is 7.67. The lowest BCUT2D eigenvalue weighted by Gasteiger charge is -2.12. The molecule has 8 nitrogen and oxygen atoms in total. The standard InChI is InChI=1S/C25H27N3O5/c1-3-32-25(30)22-15-23(17-8-12-20(31-2)13-9-17)28(27-22)19-10-6-18(7-11-19)24(29)26-16-21-5-4-14-33-21/h6-13,15,21H,3-5,14,16H2,1-2H3,(H,26,29). The SMILES string of the molecule is CCOC(=O)c1cc(-c2ccc(OC)cc2)n(-c2ccc(C(=O)NCC3CCCO3)cc2)n1. The Hall–Kier alpha value is -3.65. The van der Waals surface area contributed by atoms with E-state index in [4.69, 9.17) is 14.2 Å². The molecule has 1 atom stereocenters. The minimum absolute atomic E-state index is 0.0886. The normalized spacial score (nSPS) is 15.3. The van der Waals surface area contributed by atoms with Crippen molar-refractivity contribution < 1.29 is 23.8 Å². The van der Waals surface area contributed by atoms with E-state index in [9.17, 15) is 9.59 Å². The van der Waals surface area contributed by atoms with Gasteiger partial charge in [0.1, 0.15) is 5.75 Å². The van der Waals surface area contributed by atoms with Gasteiger partial charge in [0.2, 0.25) is 0 Å². The first-order chi connectivity index (χ1) is 16.1. The van der Waals surface area contributed by atoms with Crippen molar-refractivity contribution in [2.45, 2.75) is 25.9 Å². The van der Waals surface area contributed by atoms with Gasteiger partial charge in [-0.15, -0.1) is 0 Å². The predicted molar refractivity (Wildman–Crippen MR) is 123 cm³/mol. The summed E-state index contributed by atoms with van der Waals surface area (Å²) in [5.74, 6) is 0.0880. The lowest BCUT2D eigenvalue weighted by Crippen LogP contribution is -2.31. The maximum absolute atomic E-state index is 12.5. The van der Waals surface area contributed by atoms with Crippen molar-refractivity contribution >= 4 is 11.9 Å². The number of amides is 1. The molecule has 0 saturated carbocycles. The molecule has 1 fully saturated rings. The zero-order valence-electron chi connectivity index (χ0n) is 18.7. The van der Waals surface area contributed by atoms with E-state index in [2.05, 4.69) is 10.4 Å². The Balaban J connectivity index is 1.59. The quantitative estimate of drug-likeness (QED) is 0.528. The van der Waals surface area contributed by atoms with Crippen molar-refractivity contribution in [3.8, 4) is 22.7 Å². The van der Waals surface area contributed by atoms with Crippen LogP contribution in [0.5, 0.6) is 5.75 Å². The molecule has 0 spiro atoms. The number of ether oxygens (including phenoxy) is 3. The average molecular weight is 450 g/mol. The van der Waals surface area contributed by atoms with Crippen molar-refractivity contribution in [3.63, 3.8) is 0 Å². The van der Waals surface area contributed by atoms with Crippen LogP contribution < -0.4 is 10.1 Å². The summed E-state index contributed by atoms with van der Waals surface area (Å²) in [7, 11) is 1.61. The van der Waals surface area contributed by atoms with Crippen molar-refractivity contribution in [1.29, 1.82) is 0 Å². The van der Waals surface area contributed by atoms with Gasteiger partial charge in [-0.05, 0) is 74.4 Å². The highest BCUT2D eigenvalue weighted by Crippen LogP contribution is 2.26. The summed E-state index contributed by atoms with van der Waals surface area (Å²) in [6.07, 6.45) is 2.09. The van der Waals surface area contributed by atoms with E-state index >= 15 is 0 Å². The van der Waals surface area contributed by atoms with Crippen LogP contribution in [0.2, 0.25) is 0 Å². The van der Waals surface area contributed by atoms with Gasteiger partial charge in [0.05, 0.1) is 31.2 Å². The Kier molecular flexibility index (Phi) is 7.04. The number of rotatable bonds is 8. The van der Waals surface area contributed by atoms with Gasteiger partial charge in [-0.2, -0.15) is 5.10 Å². The molecule has 33 heavy (non-hydrogen) atoms. The molecule has 3 aromatic rings. The number of hydrogen-bond acceptors (Lipinski definition) is 6. The van der Waals surface area contributed by atoms with Gasteiger partial charge in [-0.1, -0.05) is 0 Å². The van der Waals surface area contributed by atoms with Gasteiger partial charge in [0.15, 0.2) is 5.69 Å². The molecule has 1 unspecified atom stereocenters. The first-order valence-electron chi connectivity index (χ1n) is 11.0. The number of carbonyl (C=O) groups excluding carboxylic acids is 2. The van der Waals surface area contributed by atoms with Crippen molar-refractivity contribution in [2.24, 2.45) is 0 Å². The van der Waals surface area contributed by atoms with Crippen LogP contribution in [0.15, 0.2) is 54.6 Å². The Morgan fingerprint density at radius 1 is 1.15 bits per heavy atom. The molecule has 172 valence electrons. The lowest BCUT2D eigenvalue weighted by molar-refractivity contribution is 0.0518. The summed E-state index contributed by atoms with van der Waals surface area (Å²) in [6, 6.07) is 16.3. The molecule has 0 aliphatic carbocycles. The fourth-order valence-corrected chi connectivity index (χ4v) is 3.72. The second-order valence-electron chi connectivity index (χ2n) is 7.67. The lowest BCUT2D eigenvalue weighted by atomic mass is 10.1. The first-order valence-corrected chi connectivity index (χ1v) is 11.0. The molecule has 1 amide bonds. The topological polar surface area (TPSA) is 91.7 Å². The molecule has 1 aliphatic heterocycles. The molecule has 2 heterocycles. The Labute approximate surface area is 192 Å². The van der Waals surface area contributed by atoms with Gasteiger partial charge in [-0.25, -0.2) is 9.48 Å². The molecule has 8 heteroatoms. The Morgan fingerprint density at radius 2 is 1.91 bits per heavy atom. The fourth-order valence-electron chi connectivity index (χ4n) is 3.72. The third-order valence-electron chi connectivity index (χ3n) is 5.47. The van der Waals surface area contributed by atoms with Crippen LogP contribution >= 0.6 is 0 Å². The van der Waals surface area contributed by atoms with E-state index in [0.717, 1.165) is 36.5 Å². The summed E-state index contributed by atoms with van der Waals surface area (Å²) in [6.45, 7) is 3.27. The minimum Gasteiger partial charge on any atom is -0.497 e. The van der Waals surface area contributed by atoms with Crippen LogP contribution in [-0.4, -0.2) is 54.6 Å². The molecule has 0 bridgehead atoms.